The van der Waals surface area contributed by atoms with Gasteiger partial charge in [0.2, 0.25) is 0 Å². The Kier molecular flexibility index (Phi) is 6.47. The number of hydrogen-bond acceptors (Lipinski definition) is 6. The number of allylic oxidation sites excluding steroid dienone is 1. The number of ether oxygens (including phenoxy) is 1. The van der Waals surface area contributed by atoms with Crippen LogP contribution in [0.15, 0.2) is 94.2 Å². The standard InChI is InChI=1S/C34H28N4O4S/c1-20-18-23(21(2)36(20)24-13-15-25(16-14-24)38(40)41)19-30-33(39)37-32(27-10-6-7-11-29(27)42-3)28-17-12-22-8-4-5-9-26(22)31(28)35-34(37)43-30/h4-11,13-16,18-19,32H,12,17H2,1-3H3/b30-19+/t32-/m0/s1. The number of benzene rings is 3. The van der Waals surface area contributed by atoms with E-state index in [1.54, 1.807) is 19.2 Å². The predicted octanol–water partition coefficient (Wildman–Crippen LogP) is 5.64. The summed E-state index contributed by atoms with van der Waals surface area (Å²) in [6.45, 7) is 3.98. The zero-order valence-corrected chi connectivity index (χ0v) is 24.7. The van der Waals surface area contributed by atoms with Crippen LogP contribution in [0.25, 0.3) is 17.5 Å². The number of rotatable bonds is 5. The molecule has 3 aromatic carbocycles. The molecule has 9 heteroatoms. The minimum absolute atomic E-state index is 0.0440. The van der Waals surface area contributed by atoms with Crippen molar-refractivity contribution in [2.45, 2.75) is 32.7 Å². The van der Waals surface area contributed by atoms with Gasteiger partial charge in [-0.25, -0.2) is 4.99 Å². The summed E-state index contributed by atoms with van der Waals surface area (Å²) in [5.74, 6) is 0.737. The van der Waals surface area contributed by atoms with Crippen LogP contribution in [-0.4, -0.2) is 21.2 Å². The molecule has 1 aliphatic carbocycles. The molecule has 8 nitrogen and oxygen atoms in total. The van der Waals surface area contributed by atoms with E-state index in [0.717, 1.165) is 63.6 Å². The number of thiazole rings is 1. The maximum absolute atomic E-state index is 14.2. The number of para-hydroxylation sites is 1. The Morgan fingerprint density at radius 2 is 1.77 bits per heavy atom. The van der Waals surface area contributed by atoms with Crippen molar-refractivity contribution in [3.8, 4) is 11.4 Å². The Labute approximate surface area is 251 Å². The lowest BCUT2D eigenvalue weighted by Gasteiger charge is -2.31. The number of methoxy groups -OCH3 is 1. The number of nitro benzene ring substituents is 1. The highest BCUT2D eigenvalue weighted by atomic mass is 32.1. The molecule has 5 aromatic rings. The lowest BCUT2D eigenvalue weighted by Crippen LogP contribution is -2.39. The maximum Gasteiger partial charge on any atom is 0.271 e. The van der Waals surface area contributed by atoms with Crippen LogP contribution in [0.5, 0.6) is 5.75 Å². The summed E-state index contributed by atoms with van der Waals surface area (Å²) in [6, 6.07) is 24.5. The first kappa shape index (κ1) is 26.9. The molecule has 43 heavy (non-hydrogen) atoms. The quantitative estimate of drug-likeness (QED) is 0.196. The molecule has 3 heterocycles. The lowest BCUT2D eigenvalue weighted by atomic mass is 9.83. The van der Waals surface area contributed by atoms with Gasteiger partial charge in [-0.15, -0.1) is 0 Å². The third kappa shape index (κ3) is 4.35. The van der Waals surface area contributed by atoms with Crippen molar-refractivity contribution >= 4 is 28.8 Å². The van der Waals surface area contributed by atoms with E-state index in [9.17, 15) is 14.9 Å². The van der Waals surface area contributed by atoms with Gasteiger partial charge in [0.05, 0.1) is 28.3 Å². The number of aryl methyl sites for hydroxylation is 2. The average molecular weight is 589 g/mol. The minimum Gasteiger partial charge on any atom is -0.496 e. The Morgan fingerprint density at radius 3 is 2.53 bits per heavy atom. The number of hydrogen-bond donors (Lipinski definition) is 0. The van der Waals surface area contributed by atoms with Crippen LogP contribution in [0.2, 0.25) is 0 Å². The van der Waals surface area contributed by atoms with Crippen molar-refractivity contribution in [3.63, 3.8) is 0 Å². The van der Waals surface area contributed by atoms with Gasteiger partial charge in [-0.3, -0.25) is 19.5 Å². The fourth-order valence-electron chi connectivity index (χ4n) is 6.39. The van der Waals surface area contributed by atoms with Crippen LogP contribution in [0.1, 0.15) is 46.1 Å². The van der Waals surface area contributed by atoms with E-state index in [4.69, 9.17) is 9.73 Å². The van der Waals surface area contributed by atoms with Crippen LogP contribution in [-0.2, 0) is 6.42 Å². The van der Waals surface area contributed by atoms with E-state index in [1.165, 1.54) is 29.0 Å². The summed E-state index contributed by atoms with van der Waals surface area (Å²) in [4.78, 5) is 30.8. The van der Waals surface area contributed by atoms with Gasteiger partial charge >= 0.3 is 0 Å². The van der Waals surface area contributed by atoms with Gasteiger partial charge in [-0.2, -0.15) is 0 Å². The largest absolute Gasteiger partial charge is 0.496 e. The number of nitro groups is 1. The molecule has 7 rings (SSSR count). The smallest absolute Gasteiger partial charge is 0.271 e. The molecular weight excluding hydrogens is 560 g/mol. The summed E-state index contributed by atoms with van der Waals surface area (Å²) in [6.07, 6.45) is 3.62. The number of non-ortho nitro benzene ring substituents is 1. The van der Waals surface area contributed by atoms with E-state index in [-0.39, 0.29) is 17.3 Å². The Morgan fingerprint density at radius 1 is 1.02 bits per heavy atom. The average Bonchev–Trinajstić information content (AvgIpc) is 3.49. The Balaban J connectivity index is 1.42. The molecule has 0 fully saturated rings. The summed E-state index contributed by atoms with van der Waals surface area (Å²) >= 11 is 1.39. The number of fused-ring (bicyclic) bond motifs is 3. The Hall–Kier alpha value is -5.02. The minimum atomic E-state index is -0.404. The van der Waals surface area contributed by atoms with Gasteiger partial charge in [0.15, 0.2) is 4.80 Å². The zero-order valence-electron chi connectivity index (χ0n) is 23.9. The zero-order chi connectivity index (χ0) is 29.8. The molecular formula is C34H28N4O4S. The molecule has 1 atom stereocenters. The first-order valence-electron chi connectivity index (χ1n) is 14.1. The number of nitrogens with zero attached hydrogens (tertiary/aromatic N) is 4. The second kappa shape index (κ2) is 10.4. The normalized spacial score (nSPS) is 15.9. The third-order valence-electron chi connectivity index (χ3n) is 8.38. The topological polar surface area (TPSA) is 91.7 Å². The highest BCUT2D eigenvalue weighted by Gasteiger charge is 2.34. The summed E-state index contributed by atoms with van der Waals surface area (Å²) in [5, 5.41) is 11.1. The molecule has 0 unspecified atom stereocenters. The van der Waals surface area contributed by atoms with E-state index in [1.807, 2.05) is 65.5 Å². The monoisotopic (exact) mass is 588 g/mol. The molecule has 0 saturated carbocycles. The highest BCUT2D eigenvalue weighted by Crippen LogP contribution is 2.43. The van der Waals surface area contributed by atoms with Gasteiger partial charge in [-0.05, 0) is 73.7 Å². The fraction of sp³-hybridized carbons (Fsp3) is 0.176. The highest BCUT2D eigenvalue weighted by molar-refractivity contribution is 7.07. The first-order chi connectivity index (χ1) is 20.9. The SMILES string of the molecule is COc1ccccc1[C@H]1C2=C(N=c3s/c(=C/c4cc(C)n(-c5ccc([N+](=O)[O-])cc5)c4C)c(=O)n31)c1ccccc1CC2. The maximum atomic E-state index is 14.2. The Bertz CT molecular complexity index is 2150. The predicted molar refractivity (Wildman–Crippen MR) is 168 cm³/mol. The third-order valence-corrected chi connectivity index (χ3v) is 9.37. The second-order valence-corrected chi connectivity index (χ2v) is 11.8. The summed E-state index contributed by atoms with van der Waals surface area (Å²) in [7, 11) is 1.66. The van der Waals surface area contributed by atoms with Crippen molar-refractivity contribution in [1.82, 2.24) is 9.13 Å². The van der Waals surface area contributed by atoms with Crippen molar-refractivity contribution in [1.29, 1.82) is 0 Å². The molecule has 0 bridgehead atoms. The molecule has 0 N–H and O–H groups in total. The molecule has 1 aliphatic heterocycles. The van der Waals surface area contributed by atoms with Crippen LogP contribution >= 0.6 is 11.3 Å². The molecule has 0 amide bonds. The van der Waals surface area contributed by atoms with E-state index < -0.39 is 4.92 Å². The molecule has 0 radical (unpaired) electrons. The summed E-state index contributed by atoms with van der Waals surface area (Å²) in [5.41, 5.74) is 8.97. The summed E-state index contributed by atoms with van der Waals surface area (Å²) < 4.78 is 10.3. The van der Waals surface area contributed by atoms with Crippen LogP contribution in [0.4, 0.5) is 5.69 Å². The van der Waals surface area contributed by atoms with E-state index in [0.29, 0.717) is 9.33 Å². The fourth-order valence-corrected chi connectivity index (χ4v) is 7.38. The molecule has 0 spiro atoms. The second-order valence-electron chi connectivity index (χ2n) is 10.8. The first-order valence-corrected chi connectivity index (χ1v) is 14.9. The van der Waals surface area contributed by atoms with Crippen LogP contribution in [0.3, 0.4) is 0 Å². The van der Waals surface area contributed by atoms with Gasteiger partial charge in [0.25, 0.3) is 11.2 Å². The van der Waals surface area contributed by atoms with E-state index in [2.05, 4.69) is 18.2 Å². The molecule has 214 valence electrons. The van der Waals surface area contributed by atoms with Gasteiger partial charge in [-0.1, -0.05) is 53.8 Å². The van der Waals surface area contributed by atoms with Crippen molar-refractivity contribution in [3.05, 3.63) is 148 Å². The molecule has 2 aromatic heterocycles. The lowest BCUT2D eigenvalue weighted by molar-refractivity contribution is -0.384. The van der Waals surface area contributed by atoms with Crippen molar-refractivity contribution in [2.75, 3.05) is 7.11 Å². The molecule has 2 aliphatic rings. The van der Waals surface area contributed by atoms with Crippen molar-refractivity contribution in [2.24, 2.45) is 4.99 Å². The molecule has 0 saturated heterocycles. The van der Waals surface area contributed by atoms with Gasteiger partial charge in [0, 0.05) is 40.3 Å². The van der Waals surface area contributed by atoms with Gasteiger partial charge < -0.3 is 9.30 Å². The number of aromatic nitrogens is 2. The van der Waals surface area contributed by atoms with Crippen LogP contribution < -0.4 is 19.6 Å². The van der Waals surface area contributed by atoms with Crippen molar-refractivity contribution < 1.29 is 9.66 Å². The van der Waals surface area contributed by atoms with Crippen LogP contribution in [0, 0.1) is 24.0 Å². The van der Waals surface area contributed by atoms with E-state index >= 15 is 0 Å². The van der Waals surface area contributed by atoms with Gasteiger partial charge in [0.1, 0.15) is 5.75 Å².